The van der Waals surface area contributed by atoms with E-state index in [0.717, 1.165) is 11.1 Å². The fourth-order valence-corrected chi connectivity index (χ4v) is 2.22. The predicted molar refractivity (Wildman–Crippen MR) is 78.3 cm³/mol. The number of hydrogen-bond acceptors (Lipinski definition) is 3. The Balaban J connectivity index is 1.86. The average molecular weight is 264 g/mol. The highest BCUT2D eigenvalue weighted by molar-refractivity contribution is 5.58. The first kappa shape index (κ1) is 12.5. The van der Waals surface area contributed by atoms with Gasteiger partial charge in [-0.15, -0.1) is 10.2 Å². The number of benzene rings is 2. The topological polar surface area (TPSA) is 43.6 Å². The van der Waals surface area contributed by atoms with E-state index in [1.165, 1.54) is 11.1 Å². The van der Waals surface area contributed by atoms with E-state index in [1.54, 1.807) is 4.80 Å². The zero-order chi connectivity index (χ0) is 13.9. The lowest BCUT2D eigenvalue weighted by molar-refractivity contribution is 0.572. The number of nitrogens with zero attached hydrogens (tertiary/aromatic N) is 4. The summed E-state index contributed by atoms with van der Waals surface area (Å²) in [6, 6.07) is 16.4. The van der Waals surface area contributed by atoms with Crippen LogP contribution in [-0.2, 0) is 6.54 Å². The highest BCUT2D eigenvalue weighted by Crippen LogP contribution is 2.18. The first-order chi connectivity index (χ1) is 9.72. The van der Waals surface area contributed by atoms with E-state index < -0.39 is 0 Å². The molecule has 0 aliphatic rings. The molecule has 0 saturated heterocycles. The highest BCUT2D eigenvalue weighted by atomic mass is 15.6. The third-order valence-electron chi connectivity index (χ3n) is 3.25. The lowest BCUT2D eigenvalue weighted by Crippen LogP contribution is -2.04. The summed E-state index contributed by atoms with van der Waals surface area (Å²) in [5.74, 6) is 0.677. The van der Waals surface area contributed by atoms with Gasteiger partial charge in [0.05, 0.1) is 6.54 Å². The average Bonchev–Trinajstić information content (AvgIpc) is 2.87. The van der Waals surface area contributed by atoms with Crippen molar-refractivity contribution in [2.75, 3.05) is 0 Å². The first-order valence-corrected chi connectivity index (χ1v) is 6.62. The van der Waals surface area contributed by atoms with Crippen molar-refractivity contribution in [3.05, 3.63) is 65.2 Å². The van der Waals surface area contributed by atoms with Crippen molar-refractivity contribution in [2.45, 2.75) is 20.4 Å². The molecular formula is C16H16N4. The van der Waals surface area contributed by atoms with Crippen LogP contribution in [0.15, 0.2) is 48.5 Å². The molecule has 0 spiro atoms. The summed E-state index contributed by atoms with van der Waals surface area (Å²) in [4.78, 5) is 1.64. The van der Waals surface area contributed by atoms with Crippen LogP contribution in [0.2, 0.25) is 0 Å². The molecule has 3 aromatic rings. The van der Waals surface area contributed by atoms with Crippen LogP contribution >= 0.6 is 0 Å². The summed E-state index contributed by atoms with van der Waals surface area (Å²) in [6.07, 6.45) is 0. The SMILES string of the molecule is Cc1cccc(Cn2nnc(-c3ccccc3C)n2)c1. The minimum absolute atomic E-state index is 0.639. The molecule has 4 nitrogen and oxygen atoms in total. The smallest absolute Gasteiger partial charge is 0.159 e. The summed E-state index contributed by atoms with van der Waals surface area (Å²) >= 11 is 0. The maximum absolute atomic E-state index is 4.46. The zero-order valence-electron chi connectivity index (χ0n) is 11.6. The molecule has 0 amide bonds. The second-order valence-electron chi connectivity index (χ2n) is 4.95. The molecule has 0 atom stereocenters. The standard InChI is InChI=1S/C16H16N4/c1-12-6-5-8-14(10-12)11-20-18-16(17-19-20)15-9-4-3-7-13(15)2/h3-10H,11H2,1-2H3. The molecule has 20 heavy (non-hydrogen) atoms. The van der Waals surface area contributed by atoms with Gasteiger partial charge in [-0.3, -0.25) is 0 Å². The van der Waals surface area contributed by atoms with Gasteiger partial charge in [0, 0.05) is 5.56 Å². The lowest BCUT2D eigenvalue weighted by atomic mass is 10.1. The molecule has 0 radical (unpaired) electrons. The van der Waals surface area contributed by atoms with Crippen molar-refractivity contribution in [2.24, 2.45) is 0 Å². The Morgan fingerprint density at radius 2 is 1.85 bits per heavy atom. The Morgan fingerprint density at radius 1 is 1.00 bits per heavy atom. The van der Waals surface area contributed by atoms with Crippen molar-refractivity contribution < 1.29 is 0 Å². The van der Waals surface area contributed by atoms with Gasteiger partial charge in [0.1, 0.15) is 0 Å². The monoisotopic (exact) mass is 264 g/mol. The van der Waals surface area contributed by atoms with Crippen molar-refractivity contribution in [3.63, 3.8) is 0 Å². The fourth-order valence-electron chi connectivity index (χ4n) is 2.22. The molecule has 1 heterocycles. The van der Waals surface area contributed by atoms with Gasteiger partial charge in [0.15, 0.2) is 0 Å². The summed E-state index contributed by atoms with van der Waals surface area (Å²) in [6.45, 7) is 4.77. The maximum atomic E-state index is 4.46. The molecule has 100 valence electrons. The number of tetrazole rings is 1. The molecule has 3 rings (SSSR count). The second-order valence-corrected chi connectivity index (χ2v) is 4.95. The zero-order valence-corrected chi connectivity index (χ0v) is 11.6. The Kier molecular flexibility index (Phi) is 3.29. The van der Waals surface area contributed by atoms with Crippen LogP contribution in [0.5, 0.6) is 0 Å². The number of hydrogen-bond donors (Lipinski definition) is 0. The van der Waals surface area contributed by atoms with Gasteiger partial charge < -0.3 is 0 Å². The second kappa shape index (κ2) is 5.25. The van der Waals surface area contributed by atoms with Crippen LogP contribution in [0.3, 0.4) is 0 Å². The van der Waals surface area contributed by atoms with Gasteiger partial charge in [-0.05, 0) is 30.2 Å². The van der Waals surface area contributed by atoms with Crippen molar-refractivity contribution in [1.29, 1.82) is 0 Å². The molecule has 0 unspecified atom stereocenters. The van der Waals surface area contributed by atoms with Crippen LogP contribution in [0, 0.1) is 13.8 Å². The van der Waals surface area contributed by atoms with Gasteiger partial charge >= 0.3 is 0 Å². The van der Waals surface area contributed by atoms with Crippen molar-refractivity contribution in [1.82, 2.24) is 20.2 Å². The molecule has 0 bridgehead atoms. The van der Waals surface area contributed by atoms with E-state index in [-0.39, 0.29) is 0 Å². The maximum Gasteiger partial charge on any atom is 0.205 e. The summed E-state index contributed by atoms with van der Waals surface area (Å²) in [5.41, 5.74) is 4.60. The van der Waals surface area contributed by atoms with Crippen LogP contribution in [0.4, 0.5) is 0 Å². The highest BCUT2D eigenvalue weighted by Gasteiger charge is 2.08. The quantitative estimate of drug-likeness (QED) is 0.730. The minimum atomic E-state index is 0.639. The van der Waals surface area contributed by atoms with Gasteiger partial charge in [-0.25, -0.2) is 0 Å². The summed E-state index contributed by atoms with van der Waals surface area (Å²) in [5, 5.41) is 12.7. The third-order valence-corrected chi connectivity index (χ3v) is 3.25. The van der Waals surface area contributed by atoms with E-state index in [4.69, 9.17) is 0 Å². The Hall–Kier alpha value is -2.49. The molecular weight excluding hydrogens is 248 g/mol. The molecule has 0 N–H and O–H groups in total. The minimum Gasteiger partial charge on any atom is -0.159 e. The predicted octanol–water partition coefficient (Wildman–Crippen LogP) is 3.01. The molecule has 4 heteroatoms. The van der Waals surface area contributed by atoms with Gasteiger partial charge in [-0.2, -0.15) is 4.80 Å². The first-order valence-electron chi connectivity index (χ1n) is 6.62. The number of aromatic nitrogens is 4. The third kappa shape index (κ3) is 2.59. The lowest BCUT2D eigenvalue weighted by Gasteiger charge is -2.01. The van der Waals surface area contributed by atoms with Gasteiger partial charge in [-0.1, -0.05) is 54.1 Å². The van der Waals surface area contributed by atoms with Crippen LogP contribution in [-0.4, -0.2) is 20.2 Å². The van der Waals surface area contributed by atoms with Crippen LogP contribution < -0.4 is 0 Å². The largest absolute Gasteiger partial charge is 0.205 e. The van der Waals surface area contributed by atoms with Gasteiger partial charge in [0.2, 0.25) is 5.82 Å². The molecule has 1 aromatic heterocycles. The summed E-state index contributed by atoms with van der Waals surface area (Å²) in [7, 11) is 0. The Labute approximate surface area is 118 Å². The normalized spacial score (nSPS) is 10.7. The van der Waals surface area contributed by atoms with Crippen LogP contribution in [0.1, 0.15) is 16.7 Å². The molecule has 0 saturated carbocycles. The van der Waals surface area contributed by atoms with E-state index >= 15 is 0 Å². The number of aryl methyl sites for hydroxylation is 2. The van der Waals surface area contributed by atoms with E-state index in [1.807, 2.05) is 24.3 Å². The van der Waals surface area contributed by atoms with Crippen molar-refractivity contribution in [3.8, 4) is 11.4 Å². The van der Waals surface area contributed by atoms with Gasteiger partial charge in [0.25, 0.3) is 0 Å². The van der Waals surface area contributed by atoms with E-state index in [9.17, 15) is 0 Å². The number of rotatable bonds is 3. The Bertz CT molecular complexity index is 731. The fraction of sp³-hybridized carbons (Fsp3) is 0.188. The van der Waals surface area contributed by atoms with Crippen molar-refractivity contribution >= 4 is 0 Å². The van der Waals surface area contributed by atoms with E-state index in [2.05, 4.69) is 53.5 Å². The summed E-state index contributed by atoms with van der Waals surface area (Å²) < 4.78 is 0. The van der Waals surface area contributed by atoms with E-state index in [0.29, 0.717) is 12.4 Å². The molecule has 0 fully saturated rings. The molecule has 0 aliphatic carbocycles. The molecule has 0 aliphatic heterocycles. The molecule has 2 aromatic carbocycles. The van der Waals surface area contributed by atoms with Crippen LogP contribution in [0.25, 0.3) is 11.4 Å². The Morgan fingerprint density at radius 3 is 2.65 bits per heavy atom.